The molecule has 2 heterocycles. The number of piperidine rings is 1. The minimum Gasteiger partial charge on any atom is -0.337 e. The lowest BCUT2D eigenvalue weighted by Crippen LogP contribution is -2.45. The van der Waals surface area contributed by atoms with Crippen molar-refractivity contribution in [2.24, 2.45) is 0 Å². The maximum absolute atomic E-state index is 12.4. The van der Waals surface area contributed by atoms with E-state index in [9.17, 15) is 4.79 Å². The van der Waals surface area contributed by atoms with E-state index in [1.165, 1.54) is 18.8 Å². The number of carbonyl (C=O) groups excluding carboxylic acids is 1. The number of hydrogen-bond acceptors (Lipinski definition) is 4. The lowest BCUT2D eigenvalue weighted by molar-refractivity contribution is 0.0636. The first-order valence-corrected chi connectivity index (χ1v) is 7.46. The fraction of sp³-hybridized carbons (Fsp3) is 0.643. The molecule has 0 atom stereocenters. The molecule has 1 fully saturated rings. The number of nitrogens with zero attached hydrogens (tertiary/aromatic N) is 4. The third-order valence-electron chi connectivity index (χ3n) is 3.79. The molecular formula is C14H21ClN4O. The quantitative estimate of drug-likeness (QED) is 0.853. The third kappa shape index (κ3) is 3.67. The number of amides is 1. The summed E-state index contributed by atoms with van der Waals surface area (Å²) in [5.41, 5.74) is 0.316. The Hall–Kier alpha value is -1.20. The Morgan fingerprint density at radius 2 is 2.15 bits per heavy atom. The minimum absolute atomic E-state index is 0.103. The monoisotopic (exact) mass is 296 g/mol. The van der Waals surface area contributed by atoms with Crippen LogP contribution in [0, 0.1) is 0 Å². The average Bonchev–Trinajstić information content (AvgIpc) is 2.47. The molecule has 0 aromatic carbocycles. The van der Waals surface area contributed by atoms with Crippen molar-refractivity contribution in [3.8, 4) is 0 Å². The molecule has 1 aliphatic heterocycles. The van der Waals surface area contributed by atoms with Crippen LogP contribution in [-0.4, -0.2) is 58.4 Å². The van der Waals surface area contributed by atoms with Crippen molar-refractivity contribution in [2.45, 2.75) is 32.2 Å². The standard InChI is InChI=1S/C14H21ClN4O/c1-3-6-19-7-4-11(5-8-19)18(2)14(20)12-9-16-10-13(15)17-12/h9-11H,3-8H2,1-2H3. The Morgan fingerprint density at radius 3 is 2.75 bits per heavy atom. The highest BCUT2D eigenvalue weighted by Gasteiger charge is 2.26. The first kappa shape index (κ1) is 15.2. The fourth-order valence-electron chi connectivity index (χ4n) is 2.64. The first-order valence-electron chi connectivity index (χ1n) is 7.09. The first-order chi connectivity index (χ1) is 9.61. The van der Waals surface area contributed by atoms with Crippen LogP contribution in [0.1, 0.15) is 36.7 Å². The van der Waals surface area contributed by atoms with Gasteiger partial charge < -0.3 is 9.80 Å². The van der Waals surface area contributed by atoms with E-state index in [-0.39, 0.29) is 17.1 Å². The maximum Gasteiger partial charge on any atom is 0.274 e. The van der Waals surface area contributed by atoms with Crippen LogP contribution in [0.3, 0.4) is 0 Å². The molecule has 1 aromatic rings. The van der Waals surface area contributed by atoms with Crippen molar-refractivity contribution in [2.75, 3.05) is 26.7 Å². The van der Waals surface area contributed by atoms with Crippen molar-refractivity contribution in [1.29, 1.82) is 0 Å². The zero-order valence-electron chi connectivity index (χ0n) is 12.0. The van der Waals surface area contributed by atoms with Gasteiger partial charge >= 0.3 is 0 Å². The second kappa shape index (κ2) is 6.99. The van der Waals surface area contributed by atoms with Crippen LogP contribution in [-0.2, 0) is 0 Å². The maximum atomic E-state index is 12.4. The molecular weight excluding hydrogens is 276 g/mol. The second-order valence-electron chi connectivity index (χ2n) is 5.22. The van der Waals surface area contributed by atoms with Crippen LogP contribution >= 0.6 is 11.6 Å². The molecule has 110 valence electrons. The number of likely N-dealkylation sites (tertiary alicyclic amines) is 1. The van der Waals surface area contributed by atoms with Gasteiger partial charge in [-0.2, -0.15) is 0 Å². The number of aromatic nitrogens is 2. The fourth-order valence-corrected chi connectivity index (χ4v) is 2.79. The summed E-state index contributed by atoms with van der Waals surface area (Å²) in [6.07, 6.45) is 6.10. The smallest absolute Gasteiger partial charge is 0.274 e. The van der Waals surface area contributed by atoms with Crippen molar-refractivity contribution in [1.82, 2.24) is 19.8 Å². The summed E-state index contributed by atoms with van der Waals surface area (Å²) in [7, 11) is 1.84. The van der Waals surface area contributed by atoms with Gasteiger partial charge in [-0.25, -0.2) is 4.98 Å². The van der Waals surface area contributed by atoms with Gasteiger partial charge in [-0.05, 0) is 25.8 Å². The molecule has 20 heavy (non-hydrogen) atoms. The normalized spacial score (nSPS) is 17.1. The Balaban J connectivity index is 1.95. The summed E-state index contributed by atoms with van der Waals surface area (Å²) in [5.74, 6) is -0.103. The Labute approximate surface area is 124 Å². The van der Waals surface area contributed by atoms with Crippen LogP contribution in [0.4, 0.5) is 0 Å². The van der Waals surface area contributed by atoms with Crippen LogP contribution < -0.4 is 0 Å². The number of halogens is 1. The molecule has 0 bridgehead atoms. The van der Waals surface area contributed by atoms with Crippen molar-refractivity contribution in [3.63, 3.8) is 0 Å². The second-order valence-corrected chi connectivity index (χ2v) is 5.60. The van der Waals surface area contributed by atoms with Gasteiger partial charge in [-0.3, -0.25) is 9.78 Å². The minimum atomic E-state index is -0.103. The van der Waals surface area contributed by atoms with Gasteiger partial charge in [0.2, 0.25) is 0 Å². The molecule has 1 aliphatic rings. The van der Waals surface area contributed by atoms with E-state index in [1.807, 2.05) is 7.05 Å². The lowest BCUT2D eigenvalue weighted by atomic mass is 10.0. The van der Waals surface area contributed by atoms with Crippen LogP contribution in [0.2, 0.25) is 5.15 Å². The van der Waals surface area contributed by atoms with Crippen molar-refractivity contribution < 1.29 is 4.79 Å². The topological polar surface area (TPSA) is 49.3 Å². The van der Waals surface area contributed by atoms with Crippen molar-refractivity contribution >= 4 is 17.5 Å². The molecule has 2 rings (SSSR count). The van der Waals surface area contributed by atoms with E-state index in [1.54, 1.807) is 4.90 Å². The third-order valence-corrected chi connectivity index (χ3v) is 3.97. The van der Waals surface area contributed by atoms with E-state index < -0.39 is 0 Å². The number of rotatable bonds is 4. The molecule has 0 aliphatic carbocycles. The van der Waals surface area contributed by atoms with Gasteiger partial charge in [0.1, 0.15) is 10.8 Å². The van der Waals surface area contributed by atoms with Gasteiger partial charge in [0.05, 0.1) is 12.4 Å². The molecule has 6 heteroatoms. The average molecular weight is 297 g/mol. The Bertz CT molecular complexity index is 460. The van der Waals surface area contributed by atoms with Crippen LogP contribution in [0.5, 0.6) is 0 Å². The highest BCUT2D eigenvalue weighted by molar-refractivity contribution is 6.29. The summed E-state index contributed by atoms with van der Waals surface area (Å²) in [6.45, 7) is 5.44. The van der Waals surface area contributed by atoms with Gasteiger partial charge in [0.15, 0.2) is 0 Å². The Morgan fingerprint density at radius 1 is 1.45 bits per heavy atom. The number of hydrogen-bond donors (Lipinski definition) is 0. The lowest BCUT2D eigenvalue weighted by Gasteiger charge is -2.36. The molecule has 1 amide bonds. The van der Waals surface area contributed by atoms with E-state index in [4.69, 9.17) is 11.6 Å². The molecule has 5 nitrogen and oxygen atoms in total. The molecule has 1 saturated heterocycles. The largest absolute Gasteiger partial charge is 0.337 e. The summed E-state index contributed by atoms with van der Waals surface area (Å²) in [5, 5.41) is 0.252. The molecule has 0 spiro atoms. The SMILES string of the molecule is CCCN1CCC(N(C)C(=O)c2cncc(Cl)n2)CC1. The van der Waals surface area contributed by atoms with E-state index >= 15 is 0 Å². The molecule has 0 radical (unpaired) electrons. The van der Waals surface area contributed by atoms with E-state index in [0.29, 0.717) is 5.69 Å². The van der Waals surface area contributed by atoms with Gasteiger partial charge in [0, 0.05) is 26.2 Å². The Kier molecular flexibility index (Phi) is 5.31. The van der Waals surface area contributed by atoms with Gasteiger partial charge in [0.25, 0.3) is 5.91 Å². The molecule has 0 N–H and O–H groups in total. The highest BCUT2D eigenvalue weighted by atomic mass is 35.5. The van der Waals surface area contributed by atoms with Gasteiger partial charge in [-0.1, -0.05) is 18.5 Å². The highest BCUT2D eigenvalue weighted by Crippen LogP contribution is 2.17. The summed E-state index contributed by atoms with van der Waals surface area (Å²) in [6, 6.07) is 0.274. The predicted molar refractivity (Wildman–Crippen MR) is 78.9 cm³/mol. The van der Waals surface area contributed by atoms with E-state index in [0.717, 1.165) is 32.5 Å². The predicted octanol–water partition coefficient (Wildman–Crippen LogP) is 2.08. The molecule has 0 unspecified atom stereocenters. The van der Waals surface area contributed by atoms with Crippen LogP contribution in [0.15, 0.2) is 12.4 Å². The molecule has 1 aromatic heterocycles. The van der Waals surface area contributed by atoms with E-state index in [2.05, 4.69) is 21.8 Å². The summed E-state index contributed by atoms with van der Waals surface area (Å²) < 4.78 is 0. The van der Waals surface area contributed by atoms with Gasteiger partial charge in [-0.15, -0.1) is 0 Å². The summed E-state index contributed by atoms with van der Waals surface area (Å²) in [4.78, 5) is 24.5. The van der Waals surface area contributed by atoms with Crippen molar-refractivity contribution in [3.05, 3.63) is 23.2 Å². The zero-order chi connectivity index (χ0) is 14.5. The van der Waals surface area contributed by atoms with Crippen LogP contribution in [0.25, 0.3) is 0 Å². The molecule has 0 saturated carbocycles. The zero-order valence-corrected chi connectivity index (χ0v) is 12.8. The summed E-state index contributed by atoms with van der Waals surface area (Å²) >= 11 is 5.78. The number of carbonyl (C=O) groups is 1.